The Kier molecular flexibility index (Phi) is 5.15. The molecule has 0 atom stereocenters. The number of hydrogen-bond acceptors (Lipinski definition) is 8. The molecule has 3 aromatic heterocycles. The molecule has 1 aliphatic carbocycles. The number of anilines is 3. The van der Waals surface area contributed by atoms with Crippen LogP contribution in [-0.2, 0) is 6.42 Å². The van der Waals surface area contributed by atoms with Crippen molar-refractivity contribution in [2.75, 3.05) is 23.8 Å². The van der Waals surface area contributed by atoms with E-state index in [9.17, 15) is 0 Å². The normalized spacial score (nSPS) is 13.4. The summed E-state index contributed by atoms with van der Waals surface area (Å²) in [6.45, 7) is 0.467. The second-order valence-corrected chi connectivity index (χ2v) is 6.48. The van der Waals surface area contributed by atoms with Crippen LogP contribution in [-0.4, -0.2) is 43.2 Å². The minimum Gasteiger partial charge on any atom is -0.395 e. The maximum atomic E-state index is 8.99. The zero-order valence-electron chi connectivity index (χ0n) is 14.8. The molecule has 3 N–H and O–H groups in total. The van der Waals surface area contributed by atoms with E-state index in [1.165, 1.54) is 12.8 Å². The van der Waals surface area contributed by atoms with Gasteiger partial charge in [0.2, 0.25) is 11.9 Å². The molecular weight excluding hydrogens is 342 g/mol. The van der Waals surface area contributed by atoms with E-state index in [1.54, 1.807) is 24.8 Å². The largest absolute Gasteiger partial charge is 0.395 e. The molecule has 138 valence electrons. The van der Waals surface area contributed by atoms with Crippen LogP contribution in [0.4, 0.5) is 17.6 Å². The minimum absolute atomic E-state index is 0.0407. The Balaban J connectivity index is 1.62. The Morgan fingerprint density at radius 1 is 1.00 bits per heavy atom. The number of rotatable bonds is 8. The average Bonchev–Trinajstić information content (AvgIpc) is 3.51. The minimum atomic E-state index is 0.0407. The summed E-state index contributed by atoms with van der Waals surface area (Å²) < 4.78 is 0. The Hall–Kier alpha value is -3.13. The summed E-state index contributed by atoms with van der Waals surface area (Å²) in [6.07, 6.45) is 10.3. The lowest BCUT2D eigenvalue weighted by atomic mass is 10.1. The lowest BCUT2D eigenvalue weighted by Crippen LogP contribution is -2.11. The lowest BCUT2D eigenvalue weighted by Gasteiger charge is -2.11. The Bertz CT molecular complexity index is 900. The third-order valence-electron chi connectivity index (χ3n) is 4.31. The third kappa shape index (κ3) is 4.53. The highest BCUT2D eigenvalue weighted by molar-refractivity contribution is 5.64. The third-order valence-corrected chi connectivity index (χ3v) is 4.31. The first-order valence-corrected chi connectivity index (χ1v) is 9.03. The molecule has 0 radical (unpaired) electrons. The van der Waals surface area contributed by atoms with Crippen LogP contribution >= 0.6 is 0 Å². The van der Waals surface area contributed by atoms with Crippen molar-refractivity contribution in [1.82, 2.24) is 24.9 Å². The first-order valence-electron chi connectivity index (χ1n) is 9.03. The van der Waals surface area contributed by atoms with Gasteiger partial charge in [-0.1, -0.05) is 0 Å². The quantitative estimate of drug-likeness (QED) is 0.560. The van der Waals surface area contributed by atoms with Crippen LogP contribution in [0.1, 0.15) is 18.5 Å². The van der Waals surface area contributed by atoms with Gasteiger partial charge in [0.15, 0.2) is 0 Å². The van der Waals surface area contributed by atoms with Crippen LogP contribution in [0.5, 0.6) is 0 Å². The molecule has 1 aliphatic rings. The molecule has 27 heavy (non-hydrogen) atoms. The van der Waals surface area contributed by atoms with Gasteiger partial charge in [0.25, 0.3) is 0 Å². The highest BCUT2D eigenvalue weighted by Crippen LogP contribution is 2.35. The van der Waals surface area contributed by atoms with Crippen molar-refractivity contribution in [1.29, 1.82) is 0 Å². The Morgan fingerprint density at radius 3 is 2.63 bits per heavy atom. The summed E-state index contributed by atoms with van der Waals surface area (Å²) in [4.78, 5) is 22.0. The molecule has 0 amide bonds. The first kappa shape index (κ1) is 17.3. The summed E-state index contributed by atoms with van der Waals surface area (Å²) >= 11 is 0. The number of pyridine rings is 1. The maximum Gasteiger partial charge on any atom is 0.227 e. The molecule has 0 unspecified atom stereocenters. The molecule has 1 saturated carbocycles. The fourth-order valence-electron chi connectivity index (χ4n) is 2.77. The lowest BCUT2D eigenvalue weighted by molar-refractivity contribution is 0.311. The van der Waals surface area contributed by atoms with Crippen LogP contribution in [0.25, 0.3) is 11.3 Å². The summed E-state index contributed by atoms with van der Waals surface area (Å²) in [7, 11) is 0. The number of hydrogen-bond donors (Lipinski definition) is 3. The molecule has 1 fully saturated rings. The molecular formula is C19H21N7O. The zero-order chi connectivity index (χ0) is 18.5. The van der Waals surface area contributed by atoms with Crippen molar-refractivity contribution in [2.24, 2.45) is 5.92 Å². The van der Waals surface area contributed by atoms with E-state index in [-0.39, 0.29) is 6.61 Å². The van der Waals surface area contributed by atoms with Crippen molar-refractivity contribution in [3.63, 3.8) is 0 Å². The van der Waals surface area contributed by atoms with Gasteiger partial charge in [-0.05, 0) is 43.4 Å². The SMILES string of the molecule is OCCNc1ncc(-c2ccnc(Nc3ccncc3)n2)c(CC2CC2)n1. The molecule has 8 nitrogen and oxygen atoms in total. The van der Waals surface area contributed by atoms with Gasteiger partial charge in [-0.3, -0.25) is 4.98 Å². The van der Waals surface area contributed by atoms with Crippen LogP contribution in [0.2, 0.25) is 0 Å². The van der Waals surface area contributed by atoms with Gasteiger partial charge >= 0.3 is 0 Å². The molecule has 3 heterocycles. The smallest absolute Gasteiger partial charge is 0.227 e. The summed E-state index contributed by atoms with van der Waals surface area (Å²) in [5, 5.41) is 15.2. The van der Waals surface area contributed by atoms with Gasteiger partial charge < -0.3 is 15.7 Å². The zero-order valence-corrected chi connectivity index (χ0v) is 14.8. The topological polar surface area (TPSA) is 109 Å². The van der Waals surface area contributed by atoms with Crippen LogP contribution in [0.3, 0.4) is 0 Å². The standard InChI is InChI=1S/C19H21N7O/c27-10-9-22-18-23-12-15(17(26-18)11-13-1-2-13)16-5-8-21-19(25-16)24-14-3-6-20-7-4-14/h3-8,12-13,27H,1-2,9-11H2,(H,22,23,26)(H,20,21,24,25). The van der Waals surface area contributed by atoms with Gasteiger partial charge in [-0.25, -0.2) is 19.9 Å². The van der Waals surface area contributed by atoms with Crippen molar-refractivity contribution in [2.45, 2.75) is 19.3 Å². The van der Waals surface area contributed by atoms with Gasteiger partial charge in [-0.15, -0.1) is 0 Å². The van der Waals surface area contributed by atoms with Gasteiger partial charge in [0.1, 0.15) is 0 Å². The van der Waals surface area contributed by atoms with E-state index in [4.69, 9.17) is 5.11 Å². The van der Waals surface area contributed by atoms with E-state index in [0.717, 1.165) is 29.1 Å². The molecule has 8 heteroatoms. The summed E-state index contributed by atoms with van der Waals surface area (Å²) in [5.41, 5.74) is 3.55. The van der Waals surface area contributed by atoms with Crippen molar-refractivity contribution in [3.8, 4) is 11.3 Å². The molecule has 3 aromatic rings. The number of aromatic nitrogens is 5. The molecule has 0 bridgehead atoms. The fourth-order valence-corrected chi connectivity index (χ4v) is 2.77. The van der Waals surface area contributed by atoms with E-state index < -0.39 is 0 Å². The first-order chi connectivity index (χ1) is 13.3. The van der Waals surface area contributed by atoms with Gasteiger partial charge in [-0.2, -0.15) is 0 Å². The number of nitrogens with one attached hydrogen (secondary N) is 2. The van der Waals surface area contributed by atoms with Gasteiger partial charge in [0.05, 0.1) is 18.0 Å². The maximum absolute atomic E-state index is 8.99. The Labute approximate surface area is 157 Å². The van der Waals surface area contributed by atoms with Crippen LogP contribution in [0, 0.1) is 5.92 Å². The van der Waals surface area contributed by atoms with Crippen molar-refractivity contribution >= 4 is 17.6 Å². The van der Waals surface area contributed by atoms with Crippen LogP contribution in [0.15, 0.2) is 43.0 Å². The number of nitrogens with zero attached hydrogens (tertiary/aromatic N) is 5. The van der Waals surface area contributed by atoms with Crippen molar-refractivity contribution in [3.05, 3.63) is 48.7 Å². The number of aliphatic hydroxyl groups excluding tert-OH is 1. The highest BCUT2D eigenvalue weighted by Gasteiger charge is 2.24. The Morgan fingerprint density at radius 2 is 1.85 bits per heavy atom. The second kappa shape index (κ2) is 8.05. The van der Waals surface area contributed by atoms with Crippen LogP contribution < -0.4 is 10.6 Å². The van der Waals surface area contributed by atoms with E-state index in [1.807, 2.05) is 18.2 Å². The summed E-state index contributed by atoms with van der Waals surface area (Å²) in [5.74, 6) is 1.73. The van der Waals surface area contributed by atoms with E-state index >= 15 is 0 Å². The van der Waals surface area contributed by atoms with E-state index in [2.05, 4.69) is 35.6 Å². The molecule has 0 spiro atoms. The highest BCUT2D eigenvalue weighted by atomic mass is 16.3. The second-order valence-electron chi connectivity index (χ2n) is 6.48. The predicted octanol–water partition coefficient (Wildman–Crippen LogP) is 2.43. The molecule has 0 aliphatic heterocycles. The molecule has 4 rings (SSSR count). The van der Waals surface area contributed by atoms with E-state index in [0.29, 0.717) is 24.4 Å². The monoisotopic (exact) mass is 363 g/mol. The molecule has 0 saturated heterocycles. The molecule has 0 aromatic carbocycles. The fraction of sp³-hybridized carbons (Fsp3) is 0.316. The number of aliphatic hydroxyl groups is 1. The van der Waals surface area contributed by atoms with Gasteiger partial charge in [0, 0.05) is 42.6 Å². The summed E-state index contributed by atoms with van der Waals surface area (Å²) in [6, 6.07) is 5.59. The predicted molar refractivity (Wildman–Crippen MR) is 103 cm³/mol. The average molecular weight is 363 g/mol. The van der Waals surface area contributed by atoms with Crippen molar-refractivity contribution < 1.29 is 5.11 Å².